The number of nitrogens with zero attached hydrogens (tertiary/aromatic N) is 1. The summed E-state index contributed by atoms with van der Waals surface area (Å²) in [5.74, 6) is -2.50. The van der Waals surface area contributed by atoms with Crippen molar-refractivity contribution >= 4 is 17.8 Å². The Kier molecular flexibility index (Phi) is 5.58. The molecule has 0 unspecified atom stereocenters. The van der Waals surface area contributed by atoms with Gasteiger partial charge in [0, 0.05) is 6.42 Å². The van der Waals surface area contributed by atoms with Gasteiger partial charge in [0.1, 0.15) is 0 Å². The monoisotopic (exact) mass is 371 g/mol. The first kappa shape index (κ1) is 19.7. The fraction of sp³-hybridized carbons (Fsp3) is 0.471. The number of imide groups is 1. The van der Waals surface area contributed by atoms with Crippen molar-refractivity contribution in [2.24, 2.45) is 0 Å². The maximum atomic E-state index is 13.7. The number of alkyl halides is 3. The fourth-order valence-electron chi connectivity index (χ4n) is 2.74. The molecule has 1 fully saturated rings. The molecule has 0 radical (unpaired) electrons. The van der Waals surface area contributed by atoms with E-state index >= 15 is 0 Å². The molecule has 2 atom stereocenters. The van der Waals surface area contributed by atoms with Crippen LogP contribution in [0.3, 0.4) is 0 Å². The molecule has 6 nitrogen and oxygen atoms in total. The van der Waals surface area contributed by atoms with Gasteiger partial charge in [0.05, 0.1) is 6.04 Å². The molecule has 1 aromatic rings. The molecule has 1 heterocycles. The SMILES string of the molecule is CCCCC(=O)N[C@@]1(C(F)(F)F)NC(=O)N([C@H](C)c2ccccc2)C1=O. The van der Waals surface area contributed by atoms with E-state index in [0.29, 0.717) is 23.3 Å². The van der Waals surface area contributed by atoms with E-state index in [-0.39, 0.29) is 6.42 Å². The minimum Gasteiger partial charge on any atom is -0.318 e. The standard InChI is InChI=1S/C17H20F3N3O3/c1-3-4-10-13(24)21-16(17(18,19)20)14(25)23(15(26)22-16)11(2)12-8-6-5-7-9-12/h5-9,11H,3-4,10H2,1-2H3,(H,21,24)(H,22,26)/t11-,16-/m1/s1. The molecule has 0 saturated carbocycles. The minimum atomic E-state index is -5.19. The second kappa shape index (κ2) is 7.35. The Labute approximate surface area is 148 Å². The number of hydrogen-bond acceptors (Lipinski definition) is 3. The lowest BCUT2D eigenvalue weighted by Crippen LogP contribution is -2.69. The van der Waals surface area contributed by atoms with Crippen LogP contribution in [0.4, 0.5) is 18.0 Å². The van der Waals surface area contributed by atoms with Gasteiger partial charge in [-0.1, -0.05) is 43.7 Å². The van der Waals surface area contributed by atoms with Crippen LogP contribution >= 0.6 is 0 Å². The number of carbonyl (C=O) groups is 3. The summed E-state index contributed by atoms with van der Waals surface area (Å²) in [6, 6.07) is 6.05. The van der Waals surface area contributed by atoms with Crippen molar-refractivity contribution in [2.45, 2.75) is 51.0 Å². The lowest BCUT2D eigenvalue weighted by Gasteiger charge is -2.30. The lowest BCUT2D eigenvalue weighted by atomic mass is 10.1. The van der Waals surface area contributed by atoms with Gasteiger partial charge in [-0.3, -0.25) is 19.8 Å². The minimum absolute atomic E-state index is 0.175. The Morgan fingerprint density at radius 1 is 1.27 bits per heavy atom. The van der Waals surface area contributed by atoms with E-state index in [1.54, 1.807) is 47.9 Å². The first-order valence-corrected chi connectivity index (χ1v) is 8.22. The van der Waals surface area contributed by atoms with Gasteiger partial charge in [-0.2, -0.15) is 13.2 Å². The normalized spacial score (nSPS) is 21.5. The van der Waals surface area contributed by atoms with Crippen LogP contribution in [-0.4, -0.2) is 34.6 Å². The number of rotatable bonds is 6. The van der Waals surface area contributed by atoms with E-state index < -0.39 is 35.7 Å². The molecule has 9 heteroatoms. The molecule has 2 rings (SSSR count). The zero-order valence-electron chi connectivity index (χ0n) is 14.4. The molecule has 1 saturated heterocycles. The van der Waals surface area contributed by atoms with Crippen molar-refractivity contribution in [3.8, 4) is 0 Å². The molecule has 0 aliphatic carbocycles. The Balaban J connectivity index is 2.35. The average Bonchev–Trinajstić information content (AvgIpc) is 2.84. The van der Waals surface area contributed by atoms with Crippen LogP contribution < -0.4 is 10.6 Å². The van der Waals surface area contributed by atoms with Crippen LogP contribution in [0.1, 0.15) is 44.7 Å². The van der Waals surface area contributed by atoms with Crippen LogP contribution in [0.25, 0.3) is 0 Å². The van der Waals surface area contributed by atoms with Gasteiger partial charge in [-0.15, -0.1) is 0 Å². The van der Waals surface area contributed by atoms with Crippen LogP contribution in [0.15, 0.2) is 30.3 Å². The summed E-state index contributed by atoms with van der Waals surface area (Å²) in [6.45, 7) is 3.22. The summed E-state index contributed by atoms with van der Waals surface area (Å²) in [7, 11) is 0. The highest BCUT2D eigenvalue weighted by molar-refractivity contribution is 6.09. The van der Waals surface area contributed by atoms with E-state index in [0.717, 1.165) is 0 Å². The molecule has 1 aromatic carbocycles. The number of urea groups is 1. The quantitative estimate of drug-likeness (QED) is 0.755. The topological polar surface area (TPSA) is 78.5 Å². The van der Waals surface area contributed by atoms with Gasteiger partial charge in [-0.25, -0.2) is 4.79 Å². The van der Waals surface area contributed by atoms with Gasteiger partial charge in [0.15, 0.2) is 0 Å². The van der Waals surface area contributed by atoms with E-state index in [9.17, 15) is 27.6 Å². The average molecular weight is 371 g/mol. The molecule has 1 aliphatic rings. The van der Waals surface area contributed by atoms with Gasteiger partial charge >= 0.3 is 12.2 Å². The number of unbranched alkanes of at least 4 members (excludes halogenated alkanes) is 1. The number of nitrogens with one attached hydrogen (secondary N) is 2. The third-order valence-corrected chi connectivity index (χ3v) is 4.23. The third-order valence-electron chi connectivity index (χ3n) is 4.23. The van der Waals surface area contributed by atoms with Gasteiger partial charge in [0.25, 0.3) is 11.6 Å². The van der Waals surface area contributed by atoms with Gasteiger partial charge < -0.3 is 5.32 Å². The Bertz CT molecular complexity index is 693. The molecular formula is C17H20F3N3O3. The molecule has 0 aromatic heterocycles. The van der Waals surface area contributed by atoms with Gasteiger partial charge in [0.2, 0.25) is 5.91 Å². The van der Waals surface area contributed by atoms with Crippen LogP contribution in [0.2, 0.25) is 0 Å². The largest absolute Gasteiger partial charge is 0.440 e. The number of benzene rings is 1. The summed E-state index contributed by atoms with van der Waals surface area (Å²) >= 11 is 0. The zero-order valence-corrected chi connectivity index (χ0v) is 14.4. The second-order valence-corrected chi connectivity index (χ2v) is 6.09. The highest BCUT2D eigenvalue weighted by Gasteiger charge is 2.69. The van der Waals surface area contributed by atoms with Crippen LogP contribution in [0, 0.1) is 0 Å². The highest BCUT2D eigenvalue weighted by atomic mass is 19.4. The number of halogens is 3. The first-order valence-electron chi connectivity index (χ1n) is 8.22. The Hall–Kier alpha value is -2.58. The molecule has 2 N–H and O–H groups in total. The predicted octanol–water partition coefficient (Wildman–Crippen LogP) is 2.86. The molecule has 142 valence electrons. The zero-order chi connectivity index (χ0) is 19.5. The molecule has 4 amide bonds. The molecule has 0 spiro atoms. The summed E-state index contributed by atoms with van der Waals surface area (Å²) in [5.41, 5.74) is -2.95. The van der Waals surface area contributed by atoms with Crippen molar-refractivity contribution in [1.82, 2.24) is 15.5 Å². The van der Waals surface area contributed by atoms with Crippen molar-refractivity contribution in [2.75, 3.05) is 0 Å². The van der Waals surface area contributed by atoms with E-state index in [1.807, 2.05) is 0 Å². The van der Waals surface area contributed by atoms with Crippen molar-refractivity contribution < 1.29 is 27.6 Å². The third kappa shape index (κ3) is 3.51. The number of carbonyl (C=O) groups excluding carboxylic acids is 3. The summed E-state index contributed by atoms with van der Waals surface area (Å²) < 4.78 is 41.1. The maximum Gasteiger partial charge on any atom is 0.440 e. The van der Waals surface area contributed by atoms with E-state index in [2.05, 4.69) is 0 Å². The molecule has 26 heavy (non-hydrogen) atoms. The summed E-state index contributed by atoms with van der Waals surface area (Å²) in [5, 5.41) is 3.34. The molecular weight excluding hydrogens is 351 g/mol. The Morgan fingerprint density at radius 3 is 2.42 bits per heavy atom. The van der Waals surface area contributed by atoms with Crippen molar-refractivity contribution in [3.63, 3.8) is 0 Å². The summed E-state index contributed by atoms with van der Waals surface area (Å²) in [6.07, 6.45) is -4.39. The second-order valence-electron chi connectivity index (χ2n) is 6.09. The molecule has 0 bridgehead atoms. The fourth-order valence-corrected chi connectivity index (χ4v) is 2.74. The maximum absolute atomic E-state index is 13.7. The van der Waals surface area contributed by atoms with E-state index in [4.69, 9.17) is 0 Å². The Morgan fingerprint density at radius 2 is 1.88 bits per heavy atom. The number of amides is 4. The number of hydrogen-bond donors (Lipinski definition) is 2. The smallest absolute Gasteiger partial charge is 0.318 e. The summed E-state index contributed by atoms with van der Waals surface area (Å²) in [4.78, 5) is 37.2. The highest BCUT2D eigenvalue weighted by Crippen LogP contribution is 2.37. The van der Waals surface area contributed by atoms with Crippen molar-refractivity contribution in [1.29, 1.82) is 0 Å². The van der Waals surface area contributed by atoms with Crippen molar-refractivity contribution in [3.05, 3.63) is 35.9 Å². The lowest BCUT2D eigenvalue weighted by molar-refractivity contribution is -0.204. The molecule has 1 aliphatic heterocycles. The predicted molar refractivity (Wildman–Crippen MR) is 86.7 cm³/mol. The first-order chi connectivity index (χ1) is 12.1. The van der Waals surface area contributed by atoms with Gasteiger partial charge in [-0.05, 0) is 18.9 Å². The van der Waals surface area contributed by atoms with Crippen LogP contribution in [0.5, 0.6) is 0 Å². The van der Waals surface area contributed by atoms with Crippen LogP contribution in [-0.2, 0) is 9.59 Å². The van der Waals surface area contributed by atoms with E-state index in [1.165, 1.54) is 6.92 Å².